The average Bonchev–Trinajstić information content (AvgIpc) is 3.31. The first-order chi connectivity index (χ1) is 18.7. The molecule has 5 rings (SSSR count). The van der Waals surface area contributed by atoms with Crippen molar-refractivity contribution in [1.82, 2.24) is 15.3 Å². The lowest BCUT2D eigenvalue weighted by Gasteiger charge is -2.34. The maximum atomic E-state index is 13.5. The Morgan fingerprint density at radius 3 is 2.46 bits per heavy atom. The molecule has 8 heteroatoms. The minimum atomic E-state index is -0.822. The van der Waals surface area contributed by atoms with E-state index in [2.05, 4.69) is 24.1 Å². The summed E-state index contributed by atoms with van der Waals surface area (Å²) in [4.78, 5) is 34.7. The van der Waals surface area contributed by atoms with E-state index in [1.165, 1.54) is 0 Å². The first-order valence-corrected chi connectivity index (χ1v) is 13.4. The molecule has 3 heterocycles. The summed E-state index contributed by atoms with van der Waals surface area (Å²) < 4.78 is 17.5. The summed E-state index contributed by atoms with van der Waals surface area (Å²) in [5.41, 5.74) is 3.51. The number of aromatic nitrogens is 2. The highest BCUT2D eigenvalue weighted by Crippen LogP contribution is 2.30. The lowest BCUT2D eigenvalue weighted by atomic mass is 9.95. The number of ether oxygens (including phenoxy) is 3. The van der Waals surface area contributed by atoms with Crippen LogP contribution in [-0.2, 0) is 32.0 Å². The van der Waals surface area contributed by atoms with Gasteiger partial charge in [-0.05, 0) is 23.6 Å². The molecule has 8 nitrogen and oxygen atoms in total. The number of para-hydroxylation sites is 1. The van der Waals surface area contributed by atoms with Crippen LogP contribution in [0.3, 0.4) is 0 Å². The largest absolute Gasteiger partial charge is 0.459 e. The quantitative estimate of drug-likeness (QED) is 0.306. The predicted molar refractivity (Wildman–Crippen MR) is 149 cm³/mol. The monoisotopic (exact) mass is 529 g/mol. The lowest BCUT2D eigenvalue weighted by molar-refractivity contribution is -0.220. The van der Waals surface area contributed by atoms with Crippen LogP contribution in [0, 0.1) is 11.3 Å². The number of esters is 1. The molecule has 0 aliphatic carbocycles. The fraction of sp³-hybridized carbons (Fsp3) is 0.387. The molecule has 2 aromatic heterocycles. The summed E-state index contributed by atoms with van der Waals surface area (Å²) in [5.74, 6) is -1.10. The Morgan fingerprint density at radius 2 is 1.74 bits per heavy atom. The standard InChI is InChI=1S/C31H35N3O5/c1-19(2)27(30(36)37-16-20-10-6-5-7-11-20)34-29(35)25-14-22-21-12-8-9-13-23(21)33-28(22)24(32-25)15-26-38-17-31(3,4)18-39-26/h5-14,19,26-27,33H,15-18H2,1-4H3,(H,34,35)/t27-/m0/s1. The molecule has 4 aromatic rings. The summed E-state index contributed by atoms with van der Waals surface area (Å²) >= 11 is 0. The third-order valence-corrected chi connectivity index (χ3v) is 6.91. The van der Waals surface area contributed by atoms with Crippen molar-refractivity contribution in [2.24, 2.45) is 11.3 Å². The normalized spacial score (nSPS) is 16.4. The van der Waals surface area contributed by atoms with Crippen molar-refractivity contribution in [3.8, 4) is 0 Å². The number of carbonyl (C=O) groups is 2. The Balaban J connectivity index is 1.41. The Morgan fingerprint density at radius 1 is 1.05 bits per heavy atom. The molecule has 0 spiro atoms. The van der Waals surface area contributed by atoms with Crippen LogP contribution in [0.2, 0.25) is 0 Å². The minimum Gasteiger partial charge on any atom is -0.459 e. The van der Waals surface area contributed by atoms with Crippen LogP contribution >= 0.6 is 0 Å². The van der Waals surface area contributed by atoms with E-state index in [0.717, 1.165) is 27.4 Å². The number of fused-ring (bicyclic) bond motifs is 3. The number of amides is 1. The molecular weight excluding hydrogens is 494 g/mol. The number of carbonyl (C=O) groups excluding carboxylic acids is 2. The van der Waals surface area contributed by atoms with Gasteiger partial charge >= 0.3 is 5.97 Å². The molecule has 1 saturated heterocycles. The highest BCUT2D eigenvalue weighted by atomic mass is 16.7. The average molecular weight is 530 g/mol. The number of benzene rings is 2. The molecule has 1 aliphatic rings. The van der Waals surface area contributed by atoms with E-state index in [1.54, 1.807) is 6.07 Å². The third kappa shape index (κ3) is 6.13. The second-order valence-electron chi connectivity index (χ2n) is 11.3. The Hall–Kier alpha value is -3.75. The number of hydrogen-bond acceptors (Lipinski definition) is 6. The number of rotatable bonds is 8. The van der Waals surface area contributed by atoms with E-state index in [-0.39, 0.29) is 23.6 Å². The fourth-order valence-electron chi connectivity index (χ4n) is 4.71. The SMILES string of the molecule is CC(C)[C@H](NC(=O)c1cc2c([nH]c3ccccc32)c(CC2OCC(C)(C)CO2)n1)C(=O)OCc1ccccc1. The van der Waals surface area contributed by atoms with Gasteiger partial charge in [0.25, 0.3) is 5.91 Å². The van der Waals surface area contributed by atoms with Crippen molar-refractivity contribution in [2.45, 2.75) is 53.1 Å². The molecule has 1 atom stereocenters. The van der Waals surface area contributed by atoms with Crippen molar-refractivity contribution >= 4 is 33.7 Å². The molecular formula is C31H35N3O5. The summed E-state index contributed by atoms with van der Waals surface area (Å²) in [7, 11) is 0. The van der Waals surface area contributed by atoms with Crippen molar-refractivity contribution in [1.29, 1.82) is 0 Å². The molecule has 2 aromatic carbocycles. The zero-order chi connectivity index (χ0) is 27.6. The van der Waals surface area contributed by atoms with E-state index >= 15 is 0 Å². The van der Waals surface area contributed by atoms with E-state index in [0.29, 0.717) is 25.3 Å². The van der Waals surface area contributed by atoms with Gasteiger partial charge in [-0.25, -0.2) is 9.78 Å². The van der Waals surface area contributed by atoms with Gasteiger partial charge in [0, 0.05) is 28.1 Å². The molecule has 1 amide bonds. The van der Waals surface area contributed by atoms with Crippen molar-refractivity contribution in [3.05, 3.63) is 77.6 Å². The van der Waals surface area contributed by atoms with Crippen molar-refractivity contribution in [3.63, 3.8) is 0 Å². The Kier molecular flexibility index (Phi) is 7.68. The summed E-state index contributed by atoms with van der Waals surface area (Å²) in [6, 6.07) is 18.3. The van der Waals surface area contributed by atoms with Crippen molar-refractivity contribution < 1.29 is 23.8 Å². The summed E-state index contributed by atoms with van der Waals surface area (Å²) in [6.45, 7) is 9.23. The third-order valence-electron chi connectivity index (χ3n) is 6.91. The second kappa shape index (κ2) is 11.2. The van der Waals surface area contributed by atoms with Gasteiger partial charge in [0.05, 0.1) is 24.4 Å². The zero-order valence-electron chi connectivity index (χ0n) is 22.8. The second-order valence-corrected chi connectivity index (χ2v) is 11.3. The Bertz CT molecular complexity index is 1470. The smallest absolute Gasteiger partial charge is 0.329 e. The van der Waals surface area contributed by atoms with Crippen LogP contribution in [0.15, 0.2) is 60.7 Å². The van der Waals surface area contributed by atoms with Gasteiger partial charge in [0.2, 0.25) is 0 Å². The van der Waals surface area contributed by atoms with Gasteiger partial charge in [-0.3, -0.25) is 4.79 Å². The minimum absolute atomic E-state index is 0.0525. The van der Waals surface area contributed by atoms with Gasteiger partial charge in [0.15, 0.2) is 6.29 Å². The van der Waals surface area contributed by atoms with Crippen LogP contribution in [0.1, 0.15) is 49.4 Å². The van der Waals surface area contributed by atoms with E-state index in [1.807, 2.05) is 68.4 Å². The molecule has 0 bridgehead atoms. The van der Waals surface area contributed by atoms with E-state index in [4.69, 9.17) is 19.2 Å². The zero-order valence-corrected chi connectivity index (χ0v) is 22.8. The highest BCUT2D eigenvalue weighted by Gasteiger charge is 2.31. The lowest BCUT2D eigenvalue weighted by Crippen LogP contribution is -2.45. The molecule has 1 aliphatic heterocycles. The molecule has 0 saturated carbocycles. The van der Waals surface area contributed by atoms with E-state index < -0.39 is 24.2 Å². The number of pyridine rings is 1. The number of nitrogens with zero attached hydrogens (tertiary/aromatic N) is 1. The molecule has 0 unspecified atom stereocenters. The maximum Gasteiger partial charge on any atom is 0.329 e. The molecule has 204 valence electrons. The van der Waals surface area contributed by atoms with Gasteiger partial charge in [0.1, 0.15) is 18.3 Å². The summed E-state index contributed by atoms with van der Waals surface area (Å²) in [6.07, 6.45) is -0.0809. The molecule has 39 heavy (non-hydrogen) atoms. The van der Waals surface area contributed by atoms with Crippen molar-refractivity contribution in [2.75, 3.05) is 13.2 Å². The fourth-order valence-corrected chi connectivity index (χ4v) is 4.71. The first kappa shape index (κ1) is 26.8. The molecule has 0 radical (unpaired) electrons. The molecule has 1 fully saturated rings. The van der Waals surface area contributed by atoms with Gasteiger partial charge in [-0.1, -0.05) is 76.2 Å². The topological polar surface area (TPSA) is 103 Å². The maximum absolute atomic E-state index is 13.5. The first-order valence-electron chi connectivity index (χ1n) is 13.4. The molecule has 2 N–H and O–H groups in total. The van der Waals surface area contributed by atoms with Crippen LogP contribution < -0.4 is 5.32 Å². The number of aromatic amines is 1. The van der Waals surface area contributed by atoms with Gasteiger partial charge in [-0.2, -0.15) is 0 Å². The van der Waals surface area contributed by atoms with Crippen LogP contribution in [-0.4, -0.2) is 47.4 Å². The van der Waals surface area contributed by atoms with Gasteiger partial charge in [-0.15, -0.1) is 0 Å². The predicted octanol–water partition coefficient (Wildman–Crippen LogP) is 5.16. The number of nitrogens with one attached hydrogen (secondary N) is 2. The summed E-state index contributed by atoms with van der Waals surface area (Å²) in [5, 5.41) is 4.73. The van der Waals surface area contributed by atoms with E-state index in [9.17, 15) is 9.59 Å². The number of hydrogen-bond donors (Lipinski definition) is 2. The highest BCUT2D eigenvalue weighted by molar-refractivity contribution is 6.10. The Labute approximate surface area is 228 Å². The number of H-pyrrole nitrogens is 1. The van der Waals surface area contributed by atoms with Crippen LogP contribution in [0.25, 0.3) is 21.8 Å². The van der Waals surface area contributed by atoms with Gasteiger partial charge < -0.3 is 24.5 Å². The van der Waals surface area contributed by atoms with Crippen LogP contribution in [0.5, 0.6) is 0 Å². The van der Waals surface area contributed by atoms with Crippen LogP contribution in [0.4, 0.5) is 0 Å².